The second-order valence-electron chi connectivity index (χ2n) is 3.73. The molecule has 1 fully saturated rings. The fourth-order valence-electron chi connectivity index (χ4n) is 1.64. The SMILES string of the molecule is FC(F)(F)C1(CCl)CN1c1cccc(I)c1. The van der Waals surface area contributed by atoms with E-state index in [1.165, 1.54) is 4.90 Å². The minimum Gasteiger partial charge on any atom is -0.352 e. The van der Waals surface area contributed by atoms with Gasteiger partial charge in [-0.05, 0) is 40.8 Å². The van der Waals surface area contributed by atoms with Crippen LogP contribution >= 0.6 is 34.2 Å². The van der Waals surface area contributed by atoms with Crippen LogP contribution in [0.15, 0.2) is 24.3 Å². The molecule has 1 aliphatic rings. The summed E-state index contributed by atoms with van der Waals surface area (Å²) in [4.78, 5) is 1.29. The van der Waals surface area contributed by atoms with E-state index < -0.39 is 17.6 Å². The molecule has 1 nitrogen and oxygen atoms in total. The van der Waals surface area contributed by atoms with Crippen molar-refractivity contribution in [2.75, 3.05) is 17.3 Å². The van der Waals surface area contributed by atoms with Crippen molar-refractivity contribution in [3.05, 3.63) is 27.8 Å². The second-order valence-corrected chi connectivity index (χ2v) is 5.24. The number of halogens is 5. The van der Waals surface area contributed by atoms with Crippen molar-refractivity contribution in [1.82, 2.24) is 0 Å². The lowest BCUT2D eigenvalue weighted by Crippen LogP contribution is -2.38. The van der Waals surface area contributed by atoms with E-state index in [0.717, 1.165) is 3.57 Å². The predicted molar refractivity (Wildman–Crippen MR) is 66.0 cm³/mol. The number of alkyl halides is 4. The highest BCUT2D eigenvalue weighted by Crippen LogP contribution is 2.49. The van der Waals surface area contributed by atoms with Crippen molar-refractivity contribution in [2.24, 2.45) is 0 Å². The predicted octanol–water partition coefficient (Wildman–Crippen LogP) is 3.65. The molecule has 0 radical (unpaired) electrons. The molecule has 1 aliphatic heterocycles. The summed E-state index contributed by atoms with van der Waals surface area (Å²) < 4.78 is 39.3. The minimum atomic E-state index is -4.28. The molecule has 0 spiro atoms. The maximum atomic E-state index is 12.8. The molecule has 0 N–H and O–H groups in total. The van der Waals surface area contributed by atoms with Gasteiger partial charge in [-0.15, -0.1) is 11.6 Å². The Balaban J connectivity index is 2.28. The zero-order valence-electron chi connectivity index (χ0n) is 8.06. The fraction of sp³-hybridized carbons (Fsp3) is 0.400. The topological polar surface area (TPSA) is 3.01 Å². The Kier molecular flexibility index (Phi) is 3.03. The Hall–Kier alpha value is -0.170. The van der Waals surface area contributed by atoms with Gasteiger partial charge < -0.3 is 4.90 Å². The average molecular weight is 362 g/mol. The number of rotatable bonds is 2. The van der Waals surface area contributed by atoms with Gasteiger partial charge >= 0.3 is 6.18 Å². The summed E-state index contributed by atoms with van der Waals surface area (Å²) >= 11 is 7.53. The summed E-state index contributed by atoms with van der Waals surface area (Å²) in [6.07, 6.45) is -4.28. The molecule has 1 heterocycles. The molecular formula is C10H8ClF3IN. The highest BCUT2D eigenvalue weighted by atomic mass is 127. The standard InChI is InChI=1S/C10H8ClF3IN/c11-5-9(10(12,13)14)6-16(9)8-3-1-2-7(15)4-8/h1-4H,5-6H2. The average Bonchev–Trinajstić information content (AvgIpc) is 2.92. The van der Waals surface area contributed by atoms with Gasteiger partial charge in [0.2, 0.25) is 0 Å². The van der Waals surface area contributed by atoms with Crippen LogP contribution in [-0.4, -0.2) is 24.1 Å². The minimum absolute atomic E-state index is 0.0555. The van der Waals surface area contributed by atoms with Crippen molar-refractivity contribution in [3.63, 3.8) is 0 Å². The molecule has 1 saturated heterocycles. The van der Waals surface area contributed by atoms with Gasteiger partial charge in [-0.2, -0.15) is 13.2 Å². The van der Waals surface area contributed by atoms with Crippen LogP contribution in [-0.2, 0) is 0 Å². The normalized spacial score (nSPS) is 24.7. The zero-order chi connectivity index (χ0) is 12.0. The summed E-state index contributed by atoms with van der Waals surface area (Å²) in [5.74, 6) is -0.429. The van der Waals surface area contributed by atoms with Crippen LogP contribution in [0.2, 0.25) is 0 Å². The van der Waals surface area contributed by atoms with Crippen molar-refractivity contribution in [2.45, 2.75) is 11.7 Å². The molecule has 16 heavy (non-hydrogen) atoms. The summed E-state index contributed by atoms with van der Waals surface area (Å²) in [5, 5.41) is 0. The molecule has 1 aromatic rings. The summed E-state index contributed by atoms with van der Waals surface area (Å²) in [6, 6.07) is 6.97. The third-order valence-electron chi connectivity index (χ3n) is 2.70. The van der Waals surface area contributed by atoms with Gasteiger partial charge in [0.1, 0.15) is 0 Å². The van der Waals surface area contributed by atoms with Crippen LogP contribution in [0.1, 0.15) is 0 Å². The van der Waals surface area contributed by atoms with Crippen molar-refractivity contribution in [3.8, 4) is 0 Å². The lowest BCUT2D eigenvalue weighted by molar-refractivity contribution is -0.150. The zero-order valence-corrected chi connectivity index (χ0v) is 11.0. The van der Waals surface area contributed by atoms with Gasteiger partial charge in [-0.25, -0.2) is 0 Å². The van der Waals surface area contributed by atoms with Crippen LogP contribution in [0.4, 0.5) is 18.9 Å². The summed E-state index contributed by atoms with van der Waals surface area (Å²) in [7, 11) is 0. The molecule has 0 amide bonds. The second kappa shape index (κ2) is 3.94. The number of nitrogens with zero attached hydrogens (tertiary/aromatic N) is 1. The lowest BCUT2D eigenvalue weighted by Gasteiger charge is -2.19. The largest absolute Gasteiger partial charge is 0.414 e. The molecule has 0 aromatic heterocycles. The molecule has 0 saturated carbocycles. The van der Waals surface area contributed by atoms with E-state index in [9.17, 15) is 13.2 Å². The van der Waals surface area contributed by atoms with E-state index in [2.05, 4.69) is 22.6 Å². The van der Waals surface area contributed by atoms with Crippen molar-refractivity contribution in [1.29, 1.82) is 0 Å². The van der Waals surface area contributed by atoms with Crippen molar-refractivity contribution >= 4 is 39.9 Å². The molecule has 2 rings (SSSR count). The van der Waals surface area contributed by atoms with Gasteiger partial charge in [0.15, 0.2) is 5.54 Å². The maximum absolute atomic E-state index is 12.8. The van der Waals surface area contributed by atoms with Gasteiger partial charge in [0, 0.05) is 9.26 Å². The lowest BCUT2D eigenvalue weighted by atomic mass is 10.2. The van der Waals surface area contributed by atoms with E-state index in [1.807, 2.05) is 6.07 Å². The molecule has 1 atom stereocenters. The van der Waals surface area contributed by atoms with Crippen molar-refractivity contribution < 1.29 is 13.2 Å². The van der Waals surface area contributed by atoms with E-state index >= 15 is 0 Å². The summed E-state index contributed by atoms with van der Waals surface area (Å²) in [6.45, 7) is -0.0555. The van der Waals surface area contributed by atoms with Crippen LogP contribution in [0.3, 0.4) is 0 Å². The van der Waals surface area contributed by atoms with Crippen LogP contribution in [0.5, 0.6) is 0 Å². The molecular weight excluding hydrogens is 353 g/mol. The molecule has 1 aromatic carbocycles. The highest BCUT2D eigenvalue weighted by Gasteiger charge is 2.69. The van der Waals surface area contributed by atoms with Gasteiger partial charge in [0.25, 0.3) is 0 Å². The van der Waals surface area contributed by atoms with E-state index in [4.69, 9.17) is 11.6 Å². The van der Waals surface area contributed by atoms with Crippen LogP contribution in [0.25, 0.3) is 0 Å². The van der Waals surface area contributed by atoms with Gasteiger partial charge in [0.05, 0.1) is 12.4 Å². The number of hydrogen-bond acceptors (Lipinski definition) is 1. The Labute approximate surface area is 110 Å². The van der Waals surface area contributed by atoms with Gasteiger partial charge in [-0.3, -0.25) is 0 Å². The van der Waals surface area contributed by atoms with Gasteiger partial charge in [-0.1, -0.05) is 6.07 Å². The first kappa shape index (κ1) is 12.3. The Morgan fingerprint density at radius 3 is 2.56 bits per heavy atom. The van der Waals surface area contributed by atoms with E-state index in [1.54, 1.807) is 18.2 Å². The maximum Gasteiger partial charge on any atom is 0.414 e. The third-order valence-corrected chi connectivity index (χ3v) is 3.81. The smallest absolute Gasteiger partial charge is 0.352 e. The van der Waals surface area contributed by atoms with Crippen LogP contribution < -0.4 is 4.90 Å². The Bertz CT molecular complexity index is 409. The first-order valence-electron chi connectivity index (χ1n) is 4.57. The number of benzene rings is 1. The Morgan fingerprint density at radius 1 is 1.44 bits per heavy atom. The monoisotopic (exact) mass is 361 g/mol. The van der Waals surface area contributed by atoms with E-state index in [0.29, 0.717) is 5.69 Å². The summed E-state index contributed by atoms with van der Waals surface area (Å²) in [5.41, 5.74) is -1.29. The quantitative estimate of drug-likeness (QED) is 0.441. The Morgan fingerprint density at radius 2 is 2.12 bits per heavy atom. The van der Waals surface area contributed by atoms with Crippen LogP contribution in [0, 0.1) is 3.57 Å². The fourth-order valence-corrected chi connectivity index (χ4v) is 2.55. The van der Waals surface area contributed by atoms with E-state index in [-0.39, 0.29) is 6.54 Å². The first-order chi connectivity index (χ1) is 7.40. The molecule has 0 bridgehead atoms. The molecule has 1 unspecified atom stereocenters. The third kappa shape index (κ3) is 1.88. The molecule has 0 aliphatic carbocycles. The highest BCUT2D eigenvalue weighted by molar-refractivity contribution is 14.1. The first-order valence-corrected chi connectivity index (χ1v) is 6.18. The number of hydrogen-bond donors (Lipinski definition) is 0. The number of anilines is 1. The molecule has 6 heteroatoms. The molecule has 88 valence electrons.